The van der Waals surface area contributed by atoms with E-state index < -0.39 is 10.0 Å². The largest absolute Gasteiger partial charge is 0.394 e. The lowest BCUT2D eigenvalue weighted by Crippen LogP contribution is -2.38. The molecule has 27 heavy (non-hydrogen) atoms. The standard InChI is InChI=1S/C15H22ClN7O3S/c1-27(25,26)23-4-2-3-12(23)8-17-14-13(16)9-18-15(21-14)20-11-7-19-22(10-11)5-6-24/h7,9-10,12,24H,2-6,8H2,1H3,(H2,17,18,20,21)/t12-/m0/s1. The minimum Gasteiger partial charge on any atom is -0.394 e. The predicted molar refractivity (Wildman–Crippen MR) is 103 cm³/mol. The van der Waals surface area contributed by atoms with Crippen LogP contribution in [0.15, 0.2) is 18.6 Å². The zero-order valence-electron chi connectivity index (χ0n) is 14.8. The Balaban J connectivity index is 1.66. The van der Waals surface area contributed by atoms with Crippen LogP contribution < -0.4 is 10.6 Å². The van der Waals surface area contributed by atoms with Gasteiger partial charge in [-0.05, 0) is 12.8 Å². The third-order valence-corrected chi connectivity index (χ3v) is 5.83. The van der Waals surface area contributed by atoms with Gasteiger partial charge in [-0.1, -0.05) is 11.6 Å². The first-order valence-corrected chi connectivity index (χ1v) is 10.7. The molecule has 0 bridgehead atoms. The number of anilines is 3. The number of aliphatic hydroxyl groups excluding tert-OH is 1. The Morgan fingerprint density at radius 2 is 2.22 bits per heavy atom. The molecule has 0 saturated carbocycles. The molecule has 0 spiro atoms. The Morgan fingerprint density at radius 3 is 2.96 bits per heavy atom. The van der Waals surface area contributed by atoms with E-state index in [-0.39, 0.29) is 12.6 Å². The normalized spacial score (nSPS) is 18.0. The van der Waals surface area contributed by atoms with Gasteiger partial charge in [0.1, 0.15) is 5.02 Å². The van der Waals surface area contributed by atoms with E-state index in [2.05, 4.69) is 25.7 Å². The van der Waals surface area contributed by atoms with Gasteiger partial charge in [0.15, 0.2) is 5.82 Å². The van der Waals surface area contributed by atoms with Crippen molar-refractivity contribution >= 4 is 39.1 Å². The van der Waals surface area contributed by atoms with E-state index in [9.17, 15) is 8.42 Å². The predicted octanol–water partition coefficient (Wildman–Crippen LogP) is 0.898. The molecule has 0 aromatic carbocycles. The summed E-state index contributed by atoms with van der Waals surface area (Å²) in [6.07, 6.45) is 7.65. The summed E-state index contributed by atoms with van der Waals surface area (Å²) >= 11 is 6.16. The molecule has 1 saturated heterocycles. The fraction of sp³-hybridized carbons (Fsp3) is 0.533. The van der Waals surface area contributed by atoms with Crippen LogP contribution in [0.25, 0.3) is 0 Å². The lowest BCUT2D eigenvalue weighted by Gasteiger charge is -2.22. The van der Waals surface area contributed by atoms with Crippen LogP contribution in [0.3, 0.4) is 0 Å². The molecule has 2 aromatic rings. The maximum absolute atomic E-state index is 11.8. The molecule has 12 heteroatoms. The number of nitrogens with zero attached hydrogens (tertiary/aromatic N) is 5. The first kappa shape index (κ1) is 19.8. The number of sulfonamides is 1. The molecule has 1 fully saturated rings. The van der Waals surface area contributed by atoms with Crippen molar-refractivity contribution in [2.45, 2.75) is 25.4 Å². The highest BCUT2D eigenvalue weighted by molar-refractivity contribution is 7.88. The quantitative estimate of drug-likeness (QED) is 0.580. The van der Waals surface area contributed by atoms with Crippen LogP contribution in [0.5, 0.6) is 0 Å². The van der Waals surface area contributed by atoms with Gasteiger partial charge < -0.3 is 15.7 Å². The summed E-state index contributed by atoms with van der Waals surface area (Å²) in [5.74, 6) is 0.758. The number of halogens is 1. The van der Waals surface area contributed by atoms with Crippen molar-refractivity contribution in [2.24, 2.45) is 0 Å². The molecule has 3 rings (SSSR count). The first-order valence-electron chi connectivity index (χ1n) is 8.50. The molecule has 3 N–H and O–H groups in total. The molecule has 0 aliphatic carbocycles. The van der Waals surface area contributed by atoms with Gasteiger partial charge in [-0.2, -0.15) is 14.4 Å². The Bertz CT molecular complexity index is 889. The zero-order valence-corrected chi connectivity index (χ0v) is 16.4. The summed E-state index contributed by atoms with van der Waals surface area (Å²) in [6, 6.07) is -0.126. The lowest BCUT2D eigenvalue weighted by molar-refractivity contribution is 0.269. The first-order chi connectivity index (χ1) is 12.9. The Morgan fingerprint density at radius 1 is 1.41 bits per heavy atom. The van der Waals surface area contributed by atoms with Crippen LogP contribution in [0.2, 0.25) is 5.02 Å². The Kier molecular flexibility index (Phi) is 6.15. The van der Waals surface area contributed by atoms with Crippen LogP contribution in [0.4, 0.5) is 17.5 Å². The molecular formula is C15H22ClN7O3S. The highest BCUT2D eigenvalue weighted by Gasteiger charge is 2.31. The molecular weight excluding hydrogens is 394 g/mol. The summed E-state index contributed by atoms with van der Waals surface area (Å²) in [6.45, 7) is 1.34. The topological polar surface area (TPSA) is 125 Å². The number of hydrogen-bond donors (Lipinski definition) is 3. The molecule has 0 amide bonds. The molecule has 3 heterocycles. The maximum atomic E-state index is 11.8. The fourth-order valence-electron chi connectivity index (χ4n) is 3.00. The number of aromatic nitrogens is 4. The van der Waals surface area contributed by atoms with Crippen molar-refractivity contribution in [2.75, 3.05) is 36.6 Å². The summed E-state index contributed by atoms with van der Waals surface area (Å²) in [7, 11) is -3.23. The van der Waals surface area contributed by atoms with Gasteiger partial charge in [0.25, 0.3) is 0 Å². The third kappa shape index (κ3) is 5.06. The molecule has 2 aromatic heterocycles. The van der Waals surface area contributed by atoms with Crippen molar-refractivity contribution in [1.82, 2.24) is 24.1 Å². The molecule has 148 valence electrons. The average Bonchev–Trinajstić information content (AvgIpc) is 3.25. The van der Waals surface area contributed by atoms with Gasteiger partial charge in [-0.25, -0.2) is 13.4 Å². The minimum atomic E-state index is -3.23. The average molecular weight is 416 g/mol. The van der Waals surface area contributed by atoms with E-state index in [1.165, 1.54) is 16.8 Å². The second-order valence-electron chi connectivity index (χ2n) is 6.28. The van der Waals surface area contributed by atoms with E-state index in [0.29, 0.717) is 42.1 Å². The van der Waals surface area contributed by atoms with E-state index in [1.807, 2.05) is 0 Å². The highest BCUT2D eigenvalue weighted by Crippen LogP contribution is 2.24. The molecule has 1 atom stereocenters. The van der Waals surface area contributed by atoms with Crippen LogP contribution >= 0.6 is 11.6 Å². The summed E-state index contributed by atoms with van der Waals surface area (Å²) in [5, 5.41) is 19.5. The van der Waals surface area contributed by atoms with E-state index in [4.69, 9.17) is 16.7 Å². The molecule has 1 aliphatic heterocycles. The lowest BCUT2D eigenvalue weighted by atomic mass is 10.2. The number of nitrogens with one attached hydrogen (secondary N) is 2. The monoisotopic (exact) mass is 415 g/mol. The number of hydrogen-bond acceptors (Lipinski definition) is 8. The van der Waals surface area contributed by atoms with E-state index in [1.54, 1.807) is 17.1 Å². The third-order valence-electron chi connectivity index (χ3n) is 4.22. The Hall–Kier alpha value is -1.95. The van der Waals surface area contributed by atoms with Gasteiger partial charge in [0.2, 0.25) is 16.0 Å². The smallest absolute Gasteiger partial charge is 0.229 e. The second kappa shape index (κ2) is 8.38. The van der Waals surface area contributed by atoms with Crippen LogP contribution in [0, 0.1) is 0 Å². The number of rotatable bonds is 8. The summed E-state index contributed by atoms with van der Waals surface area (Å²) in [4.78, 5) is 8.49. The van der Waals surface area contributed by atoms with Gasteiger partial charge >= 0.3 is 0 Å². The van der Waals surface area contributed by atoms with Crippen molar-refractivity contribution in [1.29, 1.82) is 0 Å². The fourth-order valence-corrected chi connectivity index (χ4v) is 4.34. The van der Waals surface area contributed by atoms with E-state index in [0.717, 1.165) is 12.8 Å². The van der Waals surface area contributed by atoms with Crippen LogP contribution in [0.1, 0.15) is 12.8 Å². The SMILES string of the molecule is CS(=O)(=O)N1CCC[C@H]1CNc1nc(Nc2cnn(CCO)c2)ncc1Cl. The molecule has 1 aliphatic rings. The van der Waals surface area contributed by atoms with Gasteiger partial charge in [0, 0.05) is 25.3 Å². The molecule has 0 unspecified atom stereocenters. The summed E-state index contributed by atoms with van der Waals surface area (Å²) in [5.41, 5.74) is 0.677. The number of aliphatic hydroxyl groups is 1. The van der Waals surface area contributed by atoms with E-state index >= 15 is 0 Å². The van der Waals surface area contributed by atoms with Crippen LogP contribution in [-0.4, -0.2) is 69.6 Å². The molecule has 10 nitrogen and oxygen atoms in total. The summed E-state index contributed by atoms with van der Waals surface area (Å²) < 4.78 is 26.8. The highest BCUT2D eigenvalue weighted by atomic mass is 35.5. The minimum absolute atomic E-state index is 0.00169. The van der Waals surface area contributed by atoms with Crippen molar-refractivity contribution in [3.63, 3.8) is 0 Å². The second-order valence-corrected chi connectivity index (χ2v) is 8.62. The van der Waals surface area contributed by atoms with Gasteiger partial charge in [-0.3, -0.25) is 4.68 Å². The van der Waals surface area contributed by atoms with Crippen molar-refractivity contribution in [3.05, 3.63) is 23.6 Å². The van der Waals surface area contributed by atoms with Gasteiger partial charge in [0.05, 0.1) is 37.5 Å². The van der Waals surface area contributed by atoms with Gasteiger partial charge in [-0.15, -0.1) is 0 Å². The zero-order chi connectivity index (χ0) is 19.4. The van der Waals surface area contributed by atoms with Crippen molar-refractivity contribution < 1.29 is 13.5 Å². The van der Waals surface area contributed by atoms with Crippen LogP contribution in [-0.2, 0) is 16.6 Å². The van der Waals surface area contributed by atoms with Crippen molar-refractivity contribution in [3.8, 4) is 0 Å². The maximum Gasteiger partial charge on any atom is 0.229 e. The molecule has 0 radical (unpaired) electrons. The Labute approximate surface area is 162 Å².